The minimum atomic E-state index is 0.000337. The van der Waals surface area contributed by atoms with E-state index in [0.29, 0.717) is 5.15 Å². The Hall–Kier alpha value is -0.860. The summed E-state index contributed by atoms with van der Waals surface area (Å²) in [4.78, 5) is 8.18. The summed E-state index contributed by atoms with van der Waals surface area (Å²) in [5.74, 6) is 0. The lowest BCUT2D eigenvalue weighted by molar-refractivity contribution is 0.595. The first-order valence-corrected chi connectivity index (χ1v) is 5.77. The molecule has 0 spiro atoms. The van der Waals surface area contributed by atoms with Crippen molar-refractivity contribution < 1.29 is 0 Å². The van der Waals surface area contributed by atoms with Crippen molar-refractivity contribution in [2.45, 2.75) is 26.2 Å². The van der Waals surface area contributed by atoms with Gasteiger partial charge in [0.05, 0.1) is 5.52 Å². The zero-order valence-electron chi connectivity index (χ0n) is 9.38. The maximum absolute atomic E-state index is 6.14. The molecule has 1 heterocycles. The van der Waals surface area contributed by atoms with Crippen LogP contribution in [0, 0.1) is 0 Å². The SMILES string of the molecule is CC(C)(C)c1cccc2nc(Cl)nc(Cl)c12. The molecule has 0 saturated carbocycles. The molecule has 0 aliphatic heterocycles. The van der Waals surface area contributed by atoms with Crippen LogP contribution in [0.5, 0.6) is 0 Å². The largest absolute Gasteiger partial charge is 0.224 e. The van der Waals surface area contributed by atoms with E-state index >= 15 is 0 Å². The van der Waals surface area contributed by atoms with Gasteiger partial charge in [0.25, 0.3) is 0 Å². The summed E-state index contributed by atoms with van der Waals surface area (Å²) in [6, 6.07) is 5.90. The number of benzene rings is 1. The van der Waals surface area contributed by atoms with Gasteiger partial charge >= 0.3 is 0 Å². The highest BCUT2D eigenvalue weighted by Crippen LogP contribution is 2.33. The second kappa shape index (κ2) is 3.86. The molecule has 1 aromatic carbocycles. The van der Waals surface area contributed by atoms with Crippen molar-refractivity contribution >= 4 is 34.1 Å². The van der Waals surface area contributed by atoms with Crippen LogP contribution in [0.4, 0.5) is 0 Å². The highest BCUT2D eigenvalue weighted by molar-refractivity contribution is 6.36. The summed E-state index contributed by atoms with van der Waals surface area (Å²) in [5, 5.41) is 1.49. The van der Waals surface area contributed by atoms with E-state index in [0.717, 1.165) is 16.5 Å². The second-order valence-corrected chi connectivity index (χ2v) is 5.43. The first kappa shape index (κ1) is 11.6. The van der Waals surface area contributed by atoms with Crippen molar-refractivity contribution in [1.29, 1.82) is 0 Å². The summed E-state index contributed by atoms with van der Waals surface area (Å²) >= 11 is 11.9. The Morgan fingerprint density at radius 3 is 2.38 bits per heavy atom. The first-order valence-electron chi connectivity index (χ1n) is 5.02. The van der Waals surface area contributed by atoms with E-state index in [1.54, 1.807) is 0 Å². The average molecular weight is 255 g/mol. The Labute approximate surface area is 105 Å². The standard InChI is InChI=1S/C12H12Cl2N2/c1-12(2,3)7-5-4-6-8-9(7)10(13)16-11(14)15-8/h4-6H,1-3H3. The Kier molecular flexibility index (Phi) is 2.81. The molecule has 4 heteroatoms. The van der Waals surface area contributed by atoms with Crippen LogP contribution >= 0.6 is 23.2 Å². The lowest BCUT2D eigenvalue weighted by atomic mass is 9.85. The molecule has 0 unspecified atom stereocenters. The third kappa shape index (κ3) is 2.00. The summed E-state index contributed by atoms with van der Waals surface area (Å²) in [5.41, 5.74) is 1.92. The van der Waals surface area contributed by atoms with Crippen LogP contribution in [0.25, 0.3) is 10.9 Å². The minimum absolute atomic E-state index is 0.000337. The van der Waals surface area contributed by atoms with Gasteiger partial charge in [-0.25, -0.2) is 9.97 Å². The van der Waals surface area contributed by atoms with Crippen LogP contribution in [-0.2, 0) is 5.41 Å². The number of hydrogen-bond donors (Lipinski definition) is 0. The third-order valence-corrected chi connectivity index (χ3v) is 2.90. The summed E-state index contributed by atoms with van der Waals surface area (Å²) < 4.78 is 0. The van der Waals surface area contributed by atoms with Gasteiger partial charge in [-0.1, -0.05) is 44.5 Å². The van der Waals surface area contributed by atoms with Crippen molar-refractivity contribution in [1.82, 2.24) is 9.97 Å². The Balaban J connectivity index is 2.87. The molecular weight excluding hydrogens is 243 g/mol. The zero-order chi connectivity index (χ0) is 11.9. The molecule has 0 N–H and O–H groups in total. The zero-order valence-corrected chi connectivity index (χ0v) is 10.9. The smallest absolute Gasteiger partial charge is 0.218 e. The molecule has 0 aliphatic rings. The number of rotatable bonds is 0. The number of fused-ring (bicyclic) bond motifs is 1. The van der Waals surface area contributed by atoms with E-state index in [9.17, 15) is 0 Å². The average Bonchev–Trinajstić information content (AvgIpc) is 2.14. The Morgan fingerprint density at radius 1 is 1.06 bits per heavy atom. The predicted octanol–water partition coefficient (Wildman–Crippen LogP) is 4.23. The summed E-state index contributed by atoms with van der Waals surface area (Å²) in [7, 11) is 0. The molecule has 84 valence electrons. The number of nitrogens with zero attached hydrogens (tertiary/aromatic N) is 2. The fraction of sp³-hybridized carbons (Fsp3) is 0.333. The molecule has 16 heavy (non-hydrogen) atoms. The van der Waals surface area contributed by atoms with Gasteiger partial charge in [0.2, 0.25) is 5.28 Å². The molecule has 0 bridgehead atoms. The van der Waals surface area contributed by atoms with Gasteiger partial charge in [-0.05, 0) is 28.6 Å². The fourth-order valence-electron chi connectivity index (χ4n) is 1.74. The quantitative estimate of drug-likeness (QED) is 0.520. The molecule has 2 rings (SSSR count). The van der Waals surface area contributed by atoms with Gasteiger partial charge in [-0.2, -0.15) is 0 Å². The van der Waals surface area contributed by atoms with Crippen molar-refractivity contribution in [3.8, 4) is 0 Å². The van der Waals surface area contributed by atoms with E-state index in [4.69, 9.17) is 23.2 Å². The molecule has 2 aromatic rings. The Bertz CT molecular complexity index is 544. The molecule has 0 amide bonds. The molecule has 0 saturated heterocycles. The van der Waals surface area contributed by atoms with Crippen molar-refractivity contribution in [2.24, 2.45) is 0 Å². The fourth-order valence-corrected chi connectivity index (χ4v) is 2.23. The lowest BCUT2D eigenvalue weighted by Gasteiger charge is -2.21. The molecule has 0 fully saturated rings. The van der Waals surface area contributed by atoms with Crippen LogP contribution < -0.4 is 0 Å². The van der Waals surface area contributed by atoms with Crippen molar-refractivity contribution in [3.63, 3.8) is 0 Å². The normalized spacial score (nSPS) is 12.1. The van der Waals surface area contributed by atoms with Crippen LogP contribution in [0.3, 0.4) is 0 Å². The van der Waals surface area contributed by atoms with Crippen LogP contribution in [0.15, 0.2) is 18.2 Å². The van der Waals surface area contributed by atoms with Gasteiger partial charge in [0.1, 0.15) is 5.15 Å². The summed E-state index contributed by atoms with van der Waals surface area (Å²) in [6.45, 7) is 6.39. The summed E-state index contributed by atoms with van der Waals surface area (Å²) in [6.07, 6.45) is 0. The molecule has 2 nitrogen and oxygen atoms in total. The maximum atomic E-state index is 6.14. The van der Waals surface area contributed by atoms with Crippen LogP contribution in [0.2, 0.25) is 10.4 Å². The maximum Gasteiger partial charge on any atom is 0.224 e. The van der Waals surface area contributed by atoms with Crippen molar-refractivity contribution in [2.75, 3.05) is 0 Å². The van der Waals surface area contributed by atoms with E-state index < -0.39 is 0 Å². The minimum Gasteiger partial charge on any atom is -0.218 e. The van der Waals surface area contributed by atoms with E-state index in [-0.39, 0.29) is 10.7 Å². The third-order valence-electron chi connectivity index (χ3n) is 2.46. The number of aromatic nitrogens is 2. The lowest BCUT2D eigenvalue weighted by Crippen LogP contribution is -2.12. The predicted molar refractivity (Wildman–Crippen MR) is 68.3 cm³/mol. The van der Waals surface area contributed by atoms with Gasteiger partial charge < -0.3 is 0 Å². The molecule has 1 aromatic heterocycles. The van der Waals surface area contributed by atoms with E-state index in [1.165, 1.54) is 0 Å². The van der Waals surface area contributed by atoms with Crippen LogP contribution in [-0.4, -0.2) is 9.97 Å². The van der Waals surface area contributed by atoms with Gasteiger partial charge in [0, 0.05) is 5.39 Å². The Morgan fingerprint density at radius 2 is 1.75 bits per heavy atom. The topological polar surface area (TPSA) is 25.8 Å². The van der Waals surface area contributed by atoms with Crippen molar-refractivity contribution in [3.05, 3.63) is 34.2 Å². The van der Waals surface area contributed by atoms with Gasteiger partial charge in [0.15, 0.2) is 0 Å². The van der Waals surface area contributed by atoms with E-state index in [1.807, 2.05) is 18.2 Å². The molecule has 0 radical (unpaired) electrons. The molecule has 0 atom stereocenters. The number of hydrogen-bond acceptors (Lipinski definition) is 2. The molecule has 0 aliphatic carbocycles. The van der Waals surface area contributed by atoms with E-state index in [2.05, 4.69) is 30.7 Å². The van der Waals surface area contributed by atoms with Gasteiger partial charge in [-0.3, -0.25) is 0 Å². The first-order chi connectivity index (χ1) is 7.39. The molecular formula is C12H12Cl2N2. The van der Waals surface area contributed by atoms with Gasteiger partial charge in [-0.15, -0.1) is 0 Å². The highest BCUT2D eigenvalue weighted by atomic mass is 35.5. The highest BCUT2D eigenvalue weighted by Gasteiger charge is 2.19. The second-order valence-electron chi connectivity index (χ2n) is 4.73. The monoisotopic (exact) mass is 254 g/mol. The van der Waals surface area contributed by atoms with Crippen LogP contribution in [0.1, 0.15) is 26.3 Å². The number of halogens is 2.